The number of ether oxygens (including phenoxy) is 2. The predicted octanol–water partition coefficient (Wildman–Crippen LogP) is 2.64. The zero-order valence-electron chi connectivity index (χ0n) is 17.4. The van der Waals surface area contributed by atoms with Crippen molar-refractivity contribution in [2.24, 2.45) is 14.1 Å². The maximum atomic E-state index is 9.90. The minimum Gasteiger partial charge on any atom is -0.487 e. The first-order valence-electron chi connectivity index (χ1n) is 10.2. The molecule has 9 nitrogen and oxygen atoms in total. The van der Waals surface area contributed by atoms with E-state index < -0.39 is 6.10 Å². The molecule has 5 rings (SSSR count). The smallest absolute Gasteiger partial charge is 0.163 e. The molecule has 0 spiro atoms. The molecule has 1 unspecified atom stereocenters. The van der Waals surface area contributed by atoms with Crippen LogP contribution in [0.3, 0.4) is 0 Å². The van der Waals surface area contributed by atoms with Gasteiger partial charge in [-0.3, -0.25) is 9.36 Å². The molecule has 1 saturated heterocycles. The Hall–Kier alpha value is -3.43. The molecule has 0 radical (unpaired) electrons. The first-order chi connectivity index (χ1) is 15.1. The number of anilines is 2. The van der Waals surface area contributed by atoms with Crippen molar-refractivity contribution < 1.29 is 14.6 Å². The molecule has 4 heterocycles. The maximum absolute atomic E-state index is 9.90. The first kappa shape index (κ1) is 19.5. The number of pyridine rings is 1. The topological polar surface area (TPSA) is 99.3 Å². The van der Waals surface area contributed by atoms with E-state index in [1.54, 1.807) is 15.6 Å². The summed E-state index contributed by atoms with van der Waals surface area (Å²) in [5, 5.41) is 23.0. The molecule has 3 aromatic heterocycles. The van der Waals surface area contributed by atoms with Crippen LogP contribution in [0.5, 0.6) is 5.75 Å². The number of nitrogens with zero attached hydrogens (tertiary/aromatic N) is 5. The van der Waals surface area contributed by atoms with Gasteiger partial charge in [-0.15, -0.1) is 0 Å². The lowest BCUT2D eigenvalue weighted by atomic mass is 10.1. The second-order valence-electron chi connectivity index (χ2n) is 7.71. The molecule has 4 aromatic rings. The average Bonchev–Trinajstić information content (AvgIpc) is 3.32. The molecule has 160 valence electrons. The summed E-state index contributed by atoms with van der Waals surface area (Å²) in [7, 11) is 3.73. The van der Waals surface area contributed by atoms with E-state index >= 15 is 0 Å². The SMILES string of the molecule is Cn1nc(-c2ccccc2)cc1Nc1cc(O[C@H]2COCC(O)C2)c2cnn(C)c2n1. The van der Waals surface area contributed by atoms with Crippen LogP contribution in [0, 0.1) is 0 Å². The van der Waals surface area contributed by atoms with Crippen LogP contribution >= 0.6 is 0 Å². The first-order valence-corrected chi connectivity index (χ1v) is 10.2. The summed E-state index contributed by atoms with van der Waals surface area (Å²) in [6, 6.07) is 13.8. The van der Waals surface area contributed by atoms with Gasteiger partial charge in [0.1, 0.15) is 23.5 Å². The fourth-order valence-corrected chi connectivity index (χ4v) is 3.75. The van der Waals surface area contributed by atoms with Gasteiger partial charge in [-0.25, -0.2) is 4.98 Å². The zero-order valence-corrected chi connectivity index (χ0v) is 17.4. The summed E-state index contributed by atoms with van der Waals surface area (Å²) in [5.41, 5.74) is 2.61. The lowest BCUT2D eigenvalue weighted by molar-refractivity contribution is -0.0623. The van der Waals surface area contributed by atoms with E-state index in [0.717, 1.165) is 22.5 Å². The van der Waals surface area contributed by atoms with E-state index in [1.807, 2.05) is 56.6 Å². The average molecular weight is 420 g/mol. The molecule has 0 aliphatic carbocycles. The number of benzene rings is 1. The van der Waals surface area contributed by atoms with E-state index in [4.69, 9.17) is 14.5 Å². The molecule has 0 saturated carbocycles. The van der Waals surface area contributed by atoms with Gasteiger partial charge in [0.05, 0.1) is 36.6 Å². The van der Waals surface area contributed by atoms with Gasteiger partial charge in [0.15, 0.2) is 5.65 Å². The van der Waals surface area contributed by atoms with Crippen molar-refractivity contribution in [1.82, 2.24) is 24.5 Å². The quantitative estimate of drug-likeness (QED) is 0.512. The fraction of sp³-hybridized carbons (Fsp3) is 0.318. The van der Waals surface area contributed by atoms with Crippen molar-refractivity contribution >= 4 is 22.7 Å². The number of aliphatic hydroxyl groups is 1. The molecule has 1 aliphatic heterocycles. The van der Waals surface area contributed by atoms with Crippen molar-refractivity contribution in [3.8, 4) is 17.0 Å². The minimum absolute atomic E-state index is 0.233. The van der Waals surface area contributed by atoms with Gasteiger partial charge in [-0.2, -0.15) is 10.2 Å². The normalized spacial score (nSPS) is 18.9. The summed E-state index contributed by atoms with van der Waals surface area (Å²) in [6.07, 6.45) is 1.51. The Bertz CT molecular complexity index is 1200. The van der Waals surface area contributed by atoms with Crippen LogP contribution < -0.4 is 10.1 Å². The second kappa shape index (κ2) is 8.01. The zero-order chi connectivity index (χ0) is 21.4. The molecule has 31 heavy (non-hydrogen) atoms. The van der Waals surface area contributed by atoms with Crippen molar-refractivity contribution in [2.75, 3.05) is 18.5 Å². The highest BCUT2D eigenvalue weighted by molar-refractivity contribution is 5.84. The summed E-state index contributed by atoms with van der Waals surface area (Å²) in [6.45, 7) is 0.779. The molecule has 0 bridgehead atoms. The third-order valence-electron chi connectivity index (χ3n) is 5.32. The second-order valence-corrected chi connectivity index (χ2v) is 7.71. The lowest BCUT2D eigenvalue weighted by Gasteiger charge is -2.27. The standard InChI is InChI=1S/C22H24N6O3/c1-27-21(9-18(26-27)14-6-4-3-5-7-14)24-20-10-19(17-11-23-28(2)22(17)25-20)31-16-8-15(29)12-30-13-16/h3-7,9-11,15-16,29H,8,12-13H2,1-2H3,(H,24,25)/t15?,16-/m1/s1. The van der Waals surface area contributed by atoms with Gasteiger partial charge in [0.25, 0.3) is 0 Å². The molecule has 2 N–H and O–H groups in total. The highest BCUT2D eigenvalue weighted by Gasteiger charge is 2.24. The van der Waals surface area contributed by atoms with Crippen LogP contribution in [0.15, 0.2) is 48.7 Å². The van der Waals surface area contributed by atoms with Gasteiger partial charge in [-0.05, 0) is 0 Å². The van der Waals surface area contributed by atoms with Gasteiger partial charge < -0.3 is 19.9 Å². The van der Waals surface area contributed by atoms with Gasteiger partial charge in [0, 0.05) is 38.2 Å². The Morgan fingerprint density at radius 3 is 2.77 bits per heavy atom. The number of aromatic nitrogens is 5. The molecule has 1 aromatic carbocycles. The Morgan fingerprint density at radius 1 is 1.13 bits per heavy atom. The van der Waals surface area contributed by atoms with Crippen molar-refractivity contribution in [2.45, 2.75) is 18.6 Å². The highest BCUT2D eigenvalue weighted by Crippen LogP contribution is 2.31. The van der Waals surface area contributed by atoms with Gasteiger partial charge >= 0.3 is 0 Å². The van der Waals surface area contributed by atoms with E-state index in [2.05, 4.69) is 15.5 Å². The third kappa shape index (κ3) is 3.97. The predicted molar refractivity (Wildman–Crippen MR) is 116 cm³/mol. The van der Waals surface area contributed by atoms with E-state index in [-0.39, 0.29) is 6.10 Å². The Kier molecular flexibility index (Phi) is 5.05. The summed E-state index contributed by atoms with van der Waals surface area (Å²) >= 11 is 0. The summed E-state index contributed by atoms with van der Waals surface area (Å²) in [4.78, 5) is 4.71. The van der Waals surface area contributed by atoms with Crippen molar-refractivity contribution in [1.29, 1.82) is 0 Å². The van der Waals surface area contributed by atoms with Crippen molar-refractivity contribution in [3.63, 3.8) is 0 Å². The number of nitrogens with one attached hydrogen (secondary N) is 1. The monoisotopic (exact) mass is 420 g/mol. The number of aliphatic hydroxyl groups excluding tert-OH is 1. The molecular weight excluding hydrogens is 396 g/mol. The van der Waals surface area contributed by atoms with E-state index in [1.165, 1.54) is 0 Å². The molecule has 9 heteroatoms. The van der Waals surface area contributed by atoms with Crippen LogP contribution in [-0.2, 0) is 18.8 Å². The number of rotatable bonds is 5. The minimum atomic E-state index is -0.520. The van der Waals surface area contributed by atoms with E-state index in [0.29, 0.717) is 36.8 Å². The Morgan fingerprint density at radius 2 is 1.97 bits per heavy atom. The van der Waals surface area contributed by atoms with Crippen LogP contribution in [0.25, 0.3) is 22.3 Å². The molecule has 0 amide bonds. The van der Waals surface area contributed by atoms with Gasteiger partial charge in [-0.1, -0.05) is 30.3 Å². The van der Waals surface area contributed by atoms with Crippen molar-refractivity contribution in [3.05, 3.63) is 48.7 Å². The number of fused-ring (bicyclic) bond motifs is 1. The van der Waals surface area contributed by atoms with Crippen LogP contribution in [-0.4, -0.2) is 55.1 Å². The summed E-state index contributed by atoms with van der Waals surface area (Å²) in [5.74, 6) is 2.06. The fourth-order valence-electron chi connectivity index (χ4n) is 3.75. The van der Waals surface area contributed by atoms with E-state index in [9.17, 15) is 5.11 Å². The molecule has 2 atom stereocenters. The highest BCUT2D eigenvalue weighted by atomic mass is 16.5. The number of hydrogen-bond acceptors (Lipinski definition) is 7. The van der Waals surface area contributed by atoms with Crippen LogP contribution in [0.4, 0.5) is 11.6 Å². The number of aryl methyl sites for hydroxylation is 2. The number of hydrogen-bond donors (Lipinski definition) is 2. The Balaban J connectivity index is 1.46. The largest absolute Gasteiger partial charge is 0.487 e. The third-order valence-corrected chi connectivity index (χ3v) is 5.32. The van der Waals surface area contributed by atoms with Gasteiger partial charge in [0.2, 0.25) is 0 Å². The molecule has 1 aliphatic rings. The molecular formula is C22H24N6O3. The maximum Gasteiger partial charge on any atom is 0.163 e. The van der Waals surface area contributed by atoms with Crippen LogP contribution in [0.2, 0.25) is 0 Å². The van der Waals surface area contributed by atoms with Crippen LogP contribution in [0.1, 0.15) is 6.42 Å². The lowest BCUT2D eigenvalue weighted by Crippen LogP contribution is -2.36. The molecule has 1 fully saturated rings. The Labute approximate surface area is 179 Å². The summed E-state index contributed by atoms with van der Waals surface area (Å²) < 4.78 is 15.1.